The highest BCUT2D eigenvalue weighted by molar-refractivity contribution is 5.29. The lowest BCUT2D eigenvalue weighted by Gasteiger charge is -2.24. The van der Waals surface area contributed by atoms with Gasteiger partial charge in [-0.25, -0.2) is 0 Å². The highest BCUT2D eigenvalue weighted by Gasteiger charge is 2.13. The van der Waals surface area contributed by atoms with Crippen LogP contribution in [0.25, 0.3) is 0 Å². The summed E-state index contributed by atoms with van der Waals surface area (Å²) in [6, 6.07) is 4.02. The summed E-state index contributed by atoms with van der Waals surface area (Å²) in [6.07, 6.45) is 1.04. The normalized spacial score (nSPS) is 13.4. The molecule has 1 atom stereocenters. The first-order valence-corrected chi connectivity index (χ1v) is 6.70. The van der Waals surface area contributed by atoms with Gasteiger partial charge in [-0.2, -0.15) is 0 Å². The fourth-order valence-electron chi connectivity index (χ4n) is 1.67. The van der Waals surface area contributed by atoms with Crippen molar-refractivity contribution in [2.24, 2.45) is 0 Å². The first kappa shape index (κ1) is 15.0. The standard InChI is InChI=1S/C15H26N2O/c1-7-13-14(9-8-11(2)17-13)18-12(3)10-16-15(4,5)6/h8-9,12,16H,7,10H2,1-6H3. The third-order valence-electron chi connectivity index (χ3n) is 2.65. The van der Waals surface area contributed by atoms with E-state index in [1.165, 1.54) is 0 Å². The second kappa shape index (κ2) is 6.19. The molecule has 0 saturated carbocycles. The number of nitrogens with zero attached hydrogens (tertiary/aromatic N) is 1. The minimum absolute atomic E-state index is 0.122. The van der Waals surface area contributed by atoms with Gasteiger partial charge in [0.15, 0.2) is 0 Å². The molecule has 1 aromatic rings. The number of ether oxygens (including phenoxy) is 1. The smallest absolute Gasteiger partial charge is 0.141 e. The van der Waals surface area contributed by atoms with Gasteiger partial charge in [0.1, 0.15) is 11.9 Å². The third-order valence-corrected chi connectivity index (χ3v) is 2.65. The highest BCUT2D eigenvalue weighted by Crippen LogP contribution is 2.18. The van der Waals surface area contributed by atoms with Crippen LogP contribution in [0.3, 0.4) is 0 Å². The molecule has 0 aliphatic heterocycles. The quantitative estimate of drug-likeness (QED) is 0.872. The molecule has 0 spiro atoms. The van der Waals surface area contributed by atoms with Gasteiger partial charge in [0.05, 0.1) is 5.69 Å². The Morgan fingerprint density at radius 1 is 1.33 bits per heavy atom. The average Bonchev–Trinajstić information content (AvgIpc) is 2.28. The van der Waals surface area contributed by atoms with Crippen molar-refractivity contribution in [3.8, 4) is 5.75 Å². The number of aromatic nitrogens is 1. The fourth-order valence-corrected chi connectivity index (χ4v) is 1.67. The molecule has 1 N–H and O–H groups in total. The van der Waals surface area contributed by atoms with Gasteiger partial charge in [-0.1, -0.05) is 6.92 Å². The molecule has 1 heterocycles. The zero-order valence-corrected chi connectivity index (χ0v) is 12.5. The van der Waals surface area contributed by atoms with Crippen LogP contribution in [-0.4, -0.2) is 23.2 Å². The van der Waals surface area contributed by atoms with E-state index in [2.05, 4.69) is 44.9 Å². The molecule has 1 aromatic heterocycles. The summed E-state index contributed by atoms with van der Waals surface area (Å²) in [5.41, 5.74) is 2.20. The van der Waals surface area contributed by atoms with Gasteiger partial charge in [0.2, 0.25) is 0 Å². The molecule has 0 aliphatic carbocycles. The van der Waals surface area contributed by atoms with Crippen LogP contribution in [0.15, 0.2) is 12.1 Å². The molecule has 18 heavy (non-hydrogen) atoms. The number of hydrogen-bond acceptors (Lipinski definition) is 3. The van der Waals surface area contributed by atoms with Crippen molar-refractivity contribution in [1.82, 2.24) is 10.3 Å². The number of hydrogen-bond donors (Lipinski definition) is 1. The number of aryl methyl sites for hydroxylation is 2. The Morgan fingerprint density at radius 3 is 2.56 bits per heavy atom. The molecule has 0 aromatic carbocycles. The maximum atomic E-state index is 5.96. The van der Waals surface area contributed by atoms with E-state index in [1.54, 1.807) is 0 Å². The van der Waals surface area contributed by atoms with Gasteiger partial charge in [-0.3, -0.25) is 4.98 Å². The van der Waals surface area contributed by atoms with Crippen molar-refractivity contribution in [3.05, 3.63) is 23.5 Å². The van der Waals surface area contributed by atoms with E-state index in [1.807, 2.05) is 19.1 Å². The predicted octanol–water partition coefficient (Wildman–Crippen LogP) is 3.11. The largest absolute Gasteiger partial charge is 0.487 e. The maximum absolute atomic E-state index is 5.96. The Hall–Kier alpha value is -1.09. The van der Waals surface area contributed by atoms with E-state index in [4.69, 9.17) is 4.74 Å². The molecule has 102 valence electrons. The van der Waals surface area contributed by atoms with E-state index in [-0.39, 0.29) is 11.6 Å². The van der Waals surface area contributed by atoms with Crippen LogP contribution in [0.2, 0.25) is 0 Å². The first-order chi connectivity index (χ1) is 8.31. The summed E-state index contributed by atoms with van der Waals surface area (Å²) in [5, 5.41) is 3.45. The SMILES string of the molecule is CCc1nc(C)ccc1OC(C)CNC(C)(C)C. The lowest BCUT2D eigenvalue weighted by atomic mass is 10.1. The van der Waals surface area contributed by atoms with Crippen LogP contribution < -0.4 is 10.1 Å². The molecular weight excluding hydrogens is 224 g/mol. The second-order valence-corrected chi connectivity index (χ2v) is 5.81. The number of pyridine rings is 1. The van der Waals surface area contributed by atoms with Crippen LogP contribution >= 0.6 is 0 Å². The van der Waals surface area contributed by atoms with Gasteiger partial charge in [0.25, 0.3) is 0 Å². The summed E-state index contributed by atoms with van der Waals surface area (Å²) in [6.45, 7) is 13.5. The lowest BCUT2D eigenvalue weighted by Crippen LogP contribution is -2.41. The molecule has 0 saturated heterocycles. The lowest BCUT2D eigenvalue weighted by molar-refractivity contribution is 0.200. The molecular formula is C15H26N2O. The predicted molar refractivity (Wildman–Crippen MR) is 76.2 cm³/mol. The van der Waals surface area contributed by atoms with Crippen LogP contribution in [0.5, 0.6) is 5.75 Å². The van der Waals surface area contributed by atoms with Crippen molar-refractivity contribution in [2.45, 2.75) is 59.6 Å². The number of nitrogens with one attached hydrogen (secondary N) is 1. The zero-order valence-electron chi connectivity index (χ0n) is 12.5. The van der Waals surface area contributed by atoms with Gasteiger partial charge >= 0.3 is 0 Å². The van der Waals surface area contributed by atoms with Gasteiger partial charge < -0.3 is 10.1 Å². The molecule has 1 rings (SSSR count). The van der Waals surface area contributed by atoms with Crippen molar-refractivity contribution >= 4 is 0 Å². The Kier molecular flexibility index (Phi) is 5.15. The van der Waals surface area contributed by atoms with E-state index < -0.39 is 0 Å². The Labute approximate surface area is 111 Å². The zero-order chi connectivity index (χ0) is 13.8. The summed E-state index contributed by atoms with van der Waals surface area (Å²) in [4.78, 5) is 4.51. The van der Waals surface area contributed by atoms with Gasteiger partial charge in [-0.05, 0) is 53.2 Å². The molecule has 0 bridgehead atoms. The monoisotopic (exact) mass is 250 g/mol. The molecule has 0 fully saturated rings. The number of rotatable bonds is 5. The third kappa shape index (κ3) is 5.05. The first-order valence-electron chi connectivity index (χ1n) is 6.70. The van der Waals surface area contributed by atoms with Crippen LogP contribution in [0, 0.1) is 6.92 Å². The molecule has 0 amide bonds. The van der Waals surface area contributed by atoms with Gasteiger partial charge in [0, 0.05) is 17.8 Å². The summed E-state index contributed by atoms with van der Waals surface area (Å²) in [7, 11) is 0. The van der Waals surface area contributed by atoms with Crippen molar-refractivity contribution in [2.75, 3.05) is 6.54 Å². The highest BCUT2D eigenvalue weighted by atomic mass is 16.5. The van der Waals surface area contributed by atoms with Crippen molar-refractivity contribution in [3.63, 3.8) is 0 Å². The van der Waals surface area contributed by atoms with E-state index >= 15 is 0 Å². The van der Waals surface area contributed by atoms with Crippen LogP contribution in [0.1, 0.15) is 46.0 Å². The second-order valence-electron chi connectivity index (χ2n) is 5.81. The molecule has 3 heteroatoms. The van der Waals surface area contributed by atoms with Crippen LogP contribution in [-0.2, 0) is 6.42 Å². The fraction of sp³-hybridized carbons (Fsp3) is 0.667. The van der Waals surface area contributed by atoms with E-state index in [0.717, 1.165) is 30.1 Å². The summed E-state index contributed by atoms with van der Waals surface area (Å²) >= 11 is 0. The van der Waals surface area contributed by atoms with Crippen LogP contribution in [0.4, 0.5) is 0 Å². The topological polar surface area (TPSA) is 34.1 Å². The minimum atomic E-state index is 0.122. The molecule has 0 radical (unpaired) electrons. The molecule has 0 aliphatic rings. The summed E-state index contributed by atoms with van der Waals surface area (Å²) in [5.74, 6) is 0.909. The molecule has 3 nitrogen and oxygen atoms in total. The van der Waals surface area contributed by atoms with Crippen molar-refractivity contribution in [1.29, 1.82) is 0 Å². The van der Waals surface area contributed by atoms with Gasteiger partial charge in [-0.15, -0.1) is 0 Å². The minimum Gasteiger partial charge on any atom is -0.487 e. The Balaban J connectivity index is 2.61. The maximum Gasteiger partial charge on any atom is 0.141 e. The molecule has 1 unspecified atom stereocenters. The van der Waals surface area contributed by atoms with Crippen molar-refractivity contribution < 1.29 is 4.74 Å². The van der Waals surface area contributed by atoms with E-state index in [9.17, 15) is 0 Å². The Bertz CT molecular complexity index is 383. The van der Waals surface area contributed by atoms with E-state index in [0.29, 0.717) is 0 Å². The average molecular weight is 250 g/mol. The Morgan fingerprint density at radius 2 is 2.00 bits per heavy atom. The summed E-state index contributed by atoms with van der Waals surface area (Å²) < 4.78 is 5.96.